The van der Waals surface area contributed by atoms with Gasteiger partial charge in [-0.25, -0.2) is 0 Å². The van der Waals surface area contributed by atoms with Crippen molar-refractivity contribution < 1.29 is 14.3 Å². The van der Waals surface area contributed by atoms with Crippen LogP contribution in [0.15, 0.2) is 18.2 Å². The van der Waals surface area contributed by atoms with Crippen LogP contribution in [0, 0.1) is 0 Å². The molecule has 0 N–H and O–H groups in total. The number of aldehydes is 1. The number of carbonyl (C=O) groups is 1. The Morgan fingerprint density at radius 3 is 2.75 bits per heavy atom. The molecule has 1 saturated carbocycles. The highest BCUT2D eigenvalue weighted by Crippen LogP contribution is 2.48. The SMILES string of the molecule is O=CCCc1ccc2c(c1)OC1(CCC1)O2. The molecule has 16 heavy (non-hydrogen) atoms. The molecule has 1 fully saturated rings. The predicted octanol–water partition coefficient (Wildman–Crippen LogP) is 2.47. The van der Waals surface area contributed by atoms with Crippen LogP contribution in [0.1, 0.15) is 31.2 Å². The van der Waals surface area contributed by atoms with Crippen molar-refractivity contribution in [2.75, 3.05) is 0 Å². The Balaban J connectivity index is 1.80. The molecule has 0 saturated heterocycles. The van der Waals surface area contributed by atoms with E-state index in [0.29, 0.717) is 6.42 Å². The summed E-state index contributed by atoms with van der Waals surface area (Å²) in [6, 6.07) is 5.94. The molecule has 1 aliphatic heterocycles. The first-order valence-electron chi connectivity index (χ1n) is 5.76. The van der Waals surface area contributed by atoms with Gasteiger partial charge < -0.3 is 14.3 Å². The number of carbonyl (C=O) groups excluding carboxylic acids is 1. The molecule has 1 aromatic rings. The summed E-state index contributed by atoms with van der Waals surface area (Å²) in [4.78, 5) is 10.3. The molecule has 1 heterocycles. The van der Waals surface area contributed by atoms with Gasteiger partial charge in [-0.3, -0.25) is 0 Å². The smallest absolute Gasteiger partial charge is 0.251 e. The number of hydrogen-bond acceptors (Lipinski definition) is 3. The lowest BCUT2D eigenvalue weighted by Crippen LogP contribution is -2.45. The van der Waals surface area contributed by atoms with Gasteiger partial charge >= 0.3 is 0 Å². The van der Waals surface area contributed by atoms with Crippen molar-refractivity contribution in [1.82, 2.24) is 0 Å². The number of benzene rings is 1. The van der Waals surface area contributed by atoms with Crippen LogP contribution in [-0.2, 0) is 11.2 Å². The van der Waals surface area contributed by atoms with E-state index in [4.69, 9.17) is 9.47 Å². The number of aryl methyl sites for hydroxylation is 1. The first-order chi connectivity index (χ1) is 7.81. The van der Waals surface area contributed by atoms with Crippen LogP contribution in [-0.4, -0.2) is 12.1 Å². The van der Waals surface area contributed by atoms with E-state index in [-0.39, 0.29) is 5.79 Å². The van der Waals surface area contributed by atoms with Crippen molar-refractivity contribution in [2.24, 2.45) is 0 Å². The third-order valence-corrected chi connectivity index (χ3v) is 3.27. The predicted molar refractivity (Wildman–Crippen MR) is 58.7 cm³/mol. The summed E-state index contributed by atoms with van der Waals surface area (Å²) in [5, 5.41) is 0. The van der Waals surface area contributed by atoms with E-state index in [9.17, 15) is 4.79 Å². The summed E-state index contributed by atoms with van der Waals surface area (Å²) in [7, 11) is 0. The lowest BCUT2D eigenvalue weighted by Gasteiger charge is -2.35. The molecule has 3 nitrogen and oxygen atoms in total. The second-order valence-corrected chi connectivity index (χ2v) is 4.45. The van der Waals surface area contributed by atoms with Crippen LogP contribution in [0.4, 0.5) is 0 Å². The Morgan fingerprint density at radius 1 is 1.25 bits per heavy atom. The lowest BCUT2D eigenvalue weighted by molar-refractivity contribution is -0.138. The van der Waals surface area contributed by atoms with Crippen LogP contribution >= 0.6 is 0 Å². The molecule has 0 amide bonds. The number of ether oxygens (including phenoxy) is 2. The number of fused-ring (bicyclic) bond motifs is 1. The average Bonchev–Trinajstić information content (AvgIpc) is 2.64. The first kappa shape index (κ1) is 9.70. The first-order valence-corrected chi connectivity index (χ1v) is 5.76. The fourth-order valence-electron chi connectivity index (χ4n) is 2.19. The molecular weight excluding hydrogens is 204 g/mol. The van der Waals surface area contributed by atoms with Crippen molar-refractivity contribution >= 4 is 6.29 Å². The zero-order valence-electron chi connectivity index (χ0n) is 9.07. The molecule has 0 unspecified atom stereocenters. The van der Waals surface area contributed by atoms with Gasteiger partial charge in [0.2, 0.25) is 0 Å². The summed E-state index contributed by atoms with van der Waals surface area (Å²) in [6.45, 7) is 0. The van der Waals surface area contributed by atoms with E-state index < -0.39 is 0 Å². The minimum absolute atomic E-state index is 0.356. The maximum absolute atomic E-state index is 10.3. The van der Waals surface area contributed by atoms with E-state index in [0.717, 1.165) is 42.6 Å². The van der Waals surface area contributed by atoms with Gasteiger partial charge in [-0.1, -0.05) is 6.07 Å². The normalized spacial score (nSPS) is 19.5. The number of rotatable bonds is 3. The molecule has 0 aromatic heterocycles. The highest BCUT2D eigenvalue weighted by molar-refractivity contribution is 5.51. The van der Waals surface area contributed by atoms with Gasteiger partial charge in [0.05, 0.1) is 0 Å². The minimum Gasteiger partial charge on any atom is -0.448 e. The van der Waals surface area contributed by atoms with Crippen LogP contribution in [0.25, 0.3) is 0 Å². The molecule has 1 aromatic carbocycles. The minimum atomic E-state index is -0.356. The van der Waals surface area contributed by atoms with Crippen LogP contribution in [0.5, 0.6) is 11.5 Å². The molecule has 3 rings (SSSR count). The largest absolute Gasteiger partial charge is 0.448 e. The van der Waals surface area contributed by atoms with Gasteiger partial charge in [0.15, 0.2) is 11.5 Å². The fraction of sp³-hybridized carbons (Fsp3) is 0.462. The second kappa shape index (κ2) is 3.51. The molecule has 0 radical (unpaired) electrons. The van der Waals surface area contributed by atoms with Crippen molar-refractivity contribution in [3.05, 3.63) is 23.8 Å². The van der Waals surface area contributed by atoms with Gasteiger partial charge in [0, 0.05) is 19.3 Å². The third-order valence-electron chi connectivity index (χ3n) is 3.27. The van der Waals surface area contributed by atoms with Crippen molar-refractivity contribution in [3.8, 4) is 11.5 Å². The van der Waals surface area contributed by atoms with Crippen molar-refractivity contribution in [1.29, 1.82) is 0 Å². The second-order valence-electron chi connectivity index (χ2n) is 4.45. The molecular formula is C13H14O3. The van der Waals surface area contributed by atoms with Gasteiger partial charge in [0.1, 0.15) is 6.29 Å². The Labute approximate surface area is 94.4 Å². The molecule has 1 spiro atoms. The number of hydrogen-bond donors (Lipinski definition) is 0. The van der Waals surface area contributed by atoms with Gasteiger partial charge in [0.25, 0.3) is 5.79 Å². The highest BCUT2D eigenvalue weighted by atomic mass is 16.7. The summed E-state index contributed by atoms with van der Waals surface area (Å²) in [6.07, 6.45) is 5.40. The van der Waals surface area contributed by atoms with Gasteiger partial charge in [-0.2, -0.15) is 0 Å². The fourth-order valence-corrected chi connectivity index (χ4v) is 2.19. The van der Waals surface area contributed by atoms with Crippen molar-refractivity contribution in [3.63, 3.8) is 0 Å². The van der Waals surface area contributed by atoms with E-state index in [1.807, 2.05) is 18.2 Å². The maximum atomic E-state index is 10.3. The van der Waals surface area contributed by atoms with E-state index in [1.165, 1.54) is 6.42 Å². The molecule has 0 bridgehead atoms. The van der Waals surface area contributed by atoms with Crippen LogP contribution in [0.2, 0.25) is 0 Å². The molecule has 1 aliphatic carbocycles. The summed E-state index contributed by atoms with van der Waals surface area (Å²) >= 11 is 0. The summed E-state index contributed by atoms with van der Waals surface area (Å²) < 4.78 is 11.6. The molecule has 0 atom stereocenters. The highest BCUT2D eigenvalue weighted by Gasteiger charge is 2.47. The third kappa shape index (κ3) is 1.47. The lowest BCUT2D eigenvalue weighted by atomic mass is 9.91. The topological polar surface area (TPSA) is 35.5 Å². The monoisotopic (exact) mass is 218 g/mol. The average molecular weight is 218 g/mol. The Kier molecular flexibility index (Phi) is 2.13. The molecule has 2 aliphatic rings. The standard InChI is InChI=1S/C13H14O3/c14-8-1-3-10-4-5-11-12(9-10)16-13(15-11)6-2-7-13/h4-5,8-9H,1-3,6-7H2. The van der Waals surface area contributed by atoms with E-state index in [2.05, 4.69) is 0 Å². The van der Waals surface area contributed by atoms with Gasteiger partial charge in [-0.05, 0) is 30.5 Å². The van der Waals surface area contributed by atoms with Crippen LogP contribution < -0.4 is 9.47 Å². The summed E-state index contributed by atoms with van der Waals surface area (Å²) in [5.41, 5.74) is 1.13. The Morgan fingerprint density at radius 2 is 2.06 bits per heavy atom. The molecule has 3 heteroatoms. The van der Waals surface area contributed by atoms with Gasteiger partial charge in [-0.15, -0.1) is 0 Å². The van der Waals surface area contributed by atoms with Crippen molar-refractivity contribution in [2.45, 2.75) is 37.9 Å². The zero-order chi connectivity index (χ0) is 11.0. The quantitative estimate of drug-likeness (QED) is 0.731. The summed E-state index contributed by atoms with van der Waals surface area (Å²) in [5.74, 6) is 1.32. The Hall–Kier alpha value is -1.51. The van der Waals surface area contributed by atoms with E-state index >= 15 is 0 Å². The maximum Gasteiger partial charge on any atom is 0.251 e. The zero-order valence-corrected chi connectivity index (χ0v) is 9.07. The van der Waals surface area contributed by atoms with Crippen LogP contribution in [0.3, 0.4) is 0 Å². The Bertz CT molecular complexity index is 421. The molecule has 84 valence electrons. The van der Waals surface area contributed by atoms with E-state index in [1.54, 1.807) is 0 Å².